The summed E-state index contributed by atoms with van der Waals surface area (Å²) in [7, 11) is 0. The summed E-state index contributed by atoms with van der Waals surface area (Å²) in [5, 5.41) is 17.2. The lowest BCUT2D eigenvalue weighted by Crippen LogP contribution is -2.24. The lowest BCUT2D eigenvalue weighted by atomic mass is 9.99. The number of carboxylic acids is 1. The molecule has 1 fully saturated rings. The van der Waals surface area contributed by atoms with Gasteiger partial charge in [0.25, 0.3) is 0 Å². The molecule has 1 aliphatic heterocycles. The van der Waals surface area contributed by atoms with E-state index < -0.39 is 5.97 Å². The van der Waals surface area contributed by atoms with Crippen LogP contribution in [0, 0.1) is 23.2 Å². The Morgan fingerprint density at radius 1 is 1.69 bits per heavy atom. The van der Waals surface area contributed by atoms with Crippen LogP contribution in [-0.4, -0.2) is 35.6 Å². The van der Waals surface area contributed by atoms with E-state index in [1.54, 1.807) is 0 Å². The second-order valence-electron chi connectivity index (χ2n) is 3.59. The lowest BCUT2D eigenvalue weighted by molar-refractivity contribution is -0.142. The smallest absolute Gasteiger partial charge is 0.308 e. The number of hydrogen-bond donors (Lipinski definition) is 1. The molecule has 0 spiro atoms. The van der Waals surface area contributed by atoms with Crippen LogP contribution >= 0.6 is 0 Å². The first-order valence-corrected chi connectivity index (χ1v) is 4.47. The molecule has 0 aromatic carbocycles. The number of carbonyl (C=O) groups is 1. The van der Waals surface area contributed by atoms with Gasteiger partial charge in [-0.3, -0.25) is 4.79 Å². The third-order valence-electron chi connectivity index (χ3n) is 2.54. The molecule has 1 rings (SSSR count). The van der Waals surface area contributed by atoms with Crippen molar-refractivity contribution >= 4 is 5.97 Å². The lowest BCUT2D eigenvalue weighted by Gasteiger charge is -2.11. The maximum Gasteiger partial charge on any atom is 0.308 e. The van der Waals surface area contributed by atoms with Gasteiger partial charge in [-0.05, 0) is 5.92 Å². The van der Waals surface area contributed by atoms with Crippen molar-refractivity contribution in [2.45, 2.75) is 13.3 Å². The van der Waals surface area contributed by atoms with Gasteiger partial charge in [0.2, 0.25) is 0 Å². The van der Waals surface area contributed by atoms with Crippen molar-refractivity contribution in [1.82, 2.24) is 4.90 Å². The van der Waals surface area contributed by atoms with Gasteiger partial charge in [-0.1, -0.05) is 6.92 Å². The molecule has 0 aliphatic carbocycles. The average molecular weight is 182 g/mol. The highest BCUT2D eigenvalue weighted by Crippen LogP contribution is 2.22. The van der Waals surface area contributed by atoms with Crippen LogP contribution in [0.2, 0.25) is 0 Å². The minimum atomic E-state index is -0.716. The number of likely N-dealkylation sites (tertiary alicyclic amines) is 1. The highest BCUT2D eigenvalue weighted by Gasteiger charge is 2.34. The number of carboxylic acid groups (broad SMARTS) is 1. The topological polar surface area (TPSA) is 64.3 Å². The zero-order valence-electron chi connectivity index (χ0n) is 7.73. The summed E-state index contributed by atoms with van der Waals surface area (Å²) in [6.45, 7) is 4.05. The van der Waals surface area contributed by atoms with Gasteiger partial charge in [0.15, 0.2) is 0 Å². The van der Waals surface area contributed by atoms with Gasteiger partial charge in [-0.2, -0.15) is 5.26 Å². The molecule has 1 aliphatic rings. The molecule has 4 nitrogen and oxygen atoms in total. The number of rotatable bonds is 3. The molecule has 4 heteroatoms. The van der Waals surface area contributed by atoms with Crippen LogP contribution in [0.4, 0.5) is 0 Å². The Labute approximate surface area is 77.8 Å². The van der Waals surface area contributed by atoms with Crippen molar-refractivity contribution in [3.8, 4) is 6.07 Å². The molecular weight excluding hydrogens is 168 g/mol. The van der Waals surface area contributed by atoms with E-state index in [-0.39, 0.29) is 11.8 Å². The second kappa shape index (κ2) is 4.24. The van der Waals surface area contributed by atoms with Crippen molar-refractivity contribution in [2.75, 3.05) is 19.6 Å². The summed E-state index contributed by atoms with van der Waals surface area (Å²) in [5.74, 6) is -0.762. The van der Waals surface area contributed by atoms with Crippen molar-refractivity contribution in [3.63, 3.8) is 0 Å². The number of aliphatic carboxylic acids is 1. The summed E-state index contributed by atoms with van der Waals surface area (Å²) in [6, 6.07) is 2.06. The summed E-state index contributed by atoms with van der Waals surface area (Å²) in [5.41, 5.74) is 0. The average Bonchev–Trinajstić information content (AvgIpc) is 2.43. The van der Waals surface area contributed by atoms with Crippen LogP contribution in [0.25, 0.3) is 0 Å². The van der Waals surface area contributed by atoms with Crippen molar-refractivity contribution in [3.05, 3.63) is 0 Å². The molecule has 0 radical (unpaired) electrons. The summed E-state index contributed by atoms with van der Waals surface area (Å²) in [6.07, 6.45) is 0.485. The molecule has 1 saturated heterocycles. The predicted octanol–water partition coefficient (Wildman–Crippen LogP) is 0.553. The van der Waals surface area contributed by atoms with E-state index in [9.17, 15) is 4.79 Å². The maximum atomic E-state index is 10.7. The van der Waals surface area contributed by atoms with Crippen LogP contribution < -0.4 is 0 Å². The fraction of sp³-hybridized carbons (Fsp3) is 0.778. The van der Waals surface area contributed by atoms with Gasteiger partial charge in [0.05, 0.1) is 12.0 Å². The Balaban J connectivity index is 2.41. The molecule has 13 heavy (non-hydrogen) atoms. The van der Waals surface area contributed by atoms with Gasteiger partial charge >= 0.3 is 5.97 Å². The monoisotopic (exact) mass is 182 g/mol. The quantitative estimate of drug-likeness (QED) is 0.692. The molecule has 1 N–H and O–H groups in total. The molecule has 0 aromatic heterocycles. The van der Waals surface area contributed by atoms with E-state index in [4.69, 9.17) is 10.4 Å². The van der Waals surface area contributed by atoms with E-state index in [1.165, 1.54) is 0 Å². The Hall–Kier alpha value is -1.08. The SMILES string of the molecule is C[C@@H]1CN(CCC#N)C[C@H]1C(=O)O. The normalized spacial score (nSPS) is 28.6. The Morgan fingerprint density at radius 2 is 2.38 bits per heavy atom. The first-order valence-electron chi connectivity index (χ1n) is 4.47. The van der Waals surface area contributed by atoms with Crippen LogP contribution in [0.1, 0.15) is 13.3 Å². The third kappa shape index (κ3) is 2.43. The zero-order chi connectivity index (χ0) is 9.84. The van der Waals surface area contributed by atoms with E-state index in [1.807, 2.05) is 11.8 Å². The van der Waals surface area contributed by atoms with Gasteiger partial charge in [-0.15, -0.1) is 0 Å². The molecular formula is C9H14N2O2. The molecule has 72 valence electrons. The van der Waals surface area contributed by atoms with Gasteiger partial charge in [-0.25, -0.2) is 0 Å². The second-order valence-corrected chi connectivity index (χ2v) is 3.59. The zero-order valence-corrected chi connectivity index (χ0v) is 7.73. The van der Waals surface area contributed by atoms with Crippen LogP contribution in [0.15, 0.2) is 0 Å². The van der Waals surface area contributed by atoms with Crippen LogP contribution in [-0.2, 0) is 4.79 Å². The molecule has 2 atom stereocenters. The van der Waals surface area contributed by atoms with Crippen molar-refractivity contribution < 1.29 is 9.90 Å². The molecule has 1 heterocycles. The van der Waals surface area contributed by atoms with E-state index >= 15 is 0 Å². The minimum absolute atomic E-state index is 0.205. The maximum absolute atomic E-state index is 10.7. The minimum Gasteiger partial charge on any atom is -0.481 e. The Morgan fingerprint density at radius 3 is 2.85 bits per heavy atom. The Bertz CT molecular complexity index is 234. The van der Waals surface area contributed by atoms with Gasteiger partial charge in [0.1, 0.15) is 0 Å². The summed E-state index contributed by atoms with van der Waals surface area (Å²) < 4.78 is 0. The highest BCUT2D eigenvalue weighted by molar-refractivity contribution is 5.71. The van der Waals surface area contributed by atoms with Gasteiger partial charge in [0, 0.05) is 26.1 Å². The summed E-state index contributed by atoms with van der Waals surface area (Å²) >= 11 is 0. The predicted molar refractivity (Wildman–Crippen MR) is 47.0 cm³/mol. The third-order valence-corrected chi connectivity index (χ3v) is 2.54. The largest absolute Gasteiger partial charge is 0.481 e. The fourth-order valence-electron chi connectivity index (χ4n) is 1.78. The molecule has 0 bridgehead atoms. The van der Waals surface area contributed by atoms with E-state index in [0.717, 1.165) is 6.54 Å². The van der Waals surface area contributed by atoms with Crippen LogP contribution in [0.3, 0.4) is 0 Å². The van der Waals surface area contributed by atoms with Gasteiger partial charge < -0.3 is 10.0 Å². The number of hydrogen-bond acceptors (Lipinski definition) is 3. The molecule has 0 amide bonds. The number of nitrogens with zero attached hydrogens (tertiary/aromatic N) is 2. The summed E-state index contributed by atoms with van der Waals surface area (Å²) in [4.78, 5) is 12.8. The Kier molecular flexibility index (Phi) is 3.26. The molecule has 0 aromatic rings. The highest BCUT2D eigenvalue weighted by atomic mass is 16.4. The van der Waals surface area contributed by atoms with Crippen LogP contribution in [0.5, 0.6) is 0 Å². The molecule has 0 unspecified atom stereocenters. The molecule has 0 saturated carbocycles. The van der Waals surface area contributed by atoms with Crippen molar-refractivity contribution in [1.29, 1.82) is 5.26 Å². The first kappa shape index (κ1) is 10.0. The van der Waals surface area contributed by atoms with E-state index in [2.05, 4.69) is 6.07 Å². The standard InChI is InChI=1S/C9H14N2O2/c1-7-5-11(4-2-3-10)6-8(7)9(12)13/h7-8H,2,4-6H2,1H3,(H,12,13)/t7-,8-/m1/s1. The van der Waals surface area contributed by atoms with E-state index in [0.29, 0.717) is 19.5 Å². The fourth-order valence-corrected chi connectivity index (χ4v) is 1.78. The van der Waals surface area contributed by atoms with Crippen molar-refractivity contribution in [2.24, 2.45) is 11.8 Å². The first-order chi connectivity index (χ1) is 6.15. The number of nitriles is 1.